The number of aromatic nitrogens is 1. The van der Waals surface area contributed by atoms with Gasteiger partial charge >= 0.3 is 6.18 Å². The van der Waals surface area contributed by atoms with Crippen LogP contribution in [0.2, 0.25) is 0 Å². The molecular formula is C31H34F3N5O4. The molecule has 4 aliphatic rings. The second-order valence-electron chi connectivity index (χ2n) is 11.6. The number of pyridine rings is 1. The van der Waals surface area contributed by atoms with Crippen molar-refractivity contribution in [3.05, 3.63) is 82.9 Å². The first-order valence-corrected chi connectivity index (χ1v) is 14.6. The number of allylic oxidation sites excluding steroid dienone is 1. The Kier molecular flexibility index (Phi) is 7.80. The molecule has 2 saturated heterocycles. The van der Waals surface area contributed by atoms with E-state index in [4.69, 9.17) is 9.47 Å². The van der Waals surface area contributed by atoms with E-state index in [0.717, 1.165) is 24.6 Å². The van der Waals surface area contributed by atoms with Gasteiger partial charge in [-0.15, -0.1) is 0 Å². The summed E-state index contributed by atoms with van der Waals surface area (Å²) in [6.07, 6.45) is 2.67. The number of likely N-dealkylation sites (tertiary alicyclic amines) is 1. The Morgan fingerprint density at radius 2 is 1.95 bits per heavy atom. The van der Waals surface area contributed by atoms with Gasteiger partial charge in [-0.1, -0.05) is 18.2 Å². The molecule has 12 heteroatoms. The van der Waals surface area contributed by atoms with E-state index in [1.807, 2.05) is 25.1 Å². The summed E-state index contributed by atoms with van der Waals surface area (Å²) in [5.74, 6) is 0.0304. The maximum Gasteiger partial charge on any atom is 0.417 e. The average molecular weight is 598 g/mol. The number of rotatable bonds is 8. The second kappa shape index (κ2) is 11.6. The summed E-state index contributed by atoms with van der Waals surface area (Å²) in [6, 6.07) is 8.25. The highest BCUT2D eigenvalue weighted by molar-refractivity contribution is 5.96. The van der Waals surface area contributed by atoms with E-state index < -0.39 is 17.6 Å². The third-order valence-electron chi connectivity index (χ3n) is 8.44. The smallest absolute Gasteiger partial charge is 0.417 e. The minimum Gasteiger partial charge on any atom is -0.488 e. The van der Waals surface area contributed by atoms with Gasteiger partial charge in [0.05, 0.1) is 23.8 Å². The molecule has 1 aromatic heterocycles. The lowest BCUT2D eigenvalue weighted by atomic mass is 9.61. The van der Waals surface area contributed by atoms with Crippen LogP contribution in [0.25, 0.3) is 0 Å². The number of carbonyl (C=O) groups is 2. The number of amides is 2. The molecule has 4 heterocycles. The van der Waals surface area contributed by atoms with E-state index in [0.29, 0.717) is 56.4 Å². The van der Waals surface area contributed by atoms with Crippen LogP contribution in [0.4, 0.5) is 13.2 Å². The normalized spacial score (nSPS) is 22.9. The number of carbonyl (C=O) groups excluding carboxylic acids is 2. The fourth-order valence-corrected chi connectivity index (χ4v) is 6.35. The third kappa shape index (κ3) is 5.93. The van der Waals surface area contributed by atoms with Gasteiger partial charge in [0.1, 0.15) is 17.6 Å². The average Bonchev–Trinajstić information content (AvgIpc) is 3.46. The molecule has 2 amide bonds. The molecule has 1 aliphatic carbocycles. The van der Waals surface area contributed by atoms with Crippen molar-refractivity contribution >= 4 is 11.8 Å². The van der Waals surface area contributed by atoms with Crippen LogP contribution in [0, 0.1) is 5.41 Å². The van der Waals surface area contributed by atoms with Crippen molar-refractivity contribution in [3.8, 4) is 5.88 Å². The number of dihydropyridines is 1. The Morgan fingerprint density at radius 1 is 1.16 bits per heavy atom. The van der Waals surface area contributed by atoms with Crippen LogP contribution in [0.5, 0.6) is 5.88 Å². The van der Waals surface area contributed by atoms with Crippen molar-refractivity contribution in [2.24, 2.45) is 5.41 Å². The van der Waals surface area contributed by atoms with Crippen molar-refractivity contribution in [1.29, 1.82) is 0 Å². The Bertz CT molecular complexity index is 1440. The maximum atomic E-state index is 13.4. The molecule has 228 valence electrons. The highest BCUT2D eigenvalue weighted by atomic mass is 19.4. The highest BCUT2D eigenvalue weighted by Crippen LogP contribution is 2.51. The summed E-state index contributed by atoms with van der Waals surface area (Å²) >= 11 is 0. The zero-order chi connectivity index (χ0) is 30.2. The van der Waals surface area contributed by atoms with Gasteiger partial charge < -0.3 is 30.3 Å². The van der Waals surface area contributed by atoms with Gasteiger partial charge in [0.2, 0.25) is 5.88 Å². The van der Waals surface area contributed by atoms with Gasteiger partial charge in [-0.25, -0.2) is 4.98 Å². The van der Waals surface area contributed by atoms with Crippen molar-refractivity contribution in [2.45, 2.75) is 50.6 Å². The number of nitrogens with one attached hydrogen (secondary N) is 3. The number of ether oxygens (including phenoxy) is 2. The van der Waals surface area contributed by atoms with Crippen LogP contribution >= 0.6 is 0 Å². The van der Waals surface area contributed by atoms with Crippen molar-refractivity contribution in [1.82, 2.24) is 25.8 Å². The summed E-state index contributed by atoms with van der Waals surface area (Å²) in [4.78, 5) is 32.1. The topological polar surface area (TPSA) is 105 Å². The maximum absolute atomic E-state index is 13.4. The van der Waals surface area contributed by atoms with Crippen LogP contribution < -0.4 is 20.7 Å². The van der Waals surface area contributed by atoms with Gasteiger partial charge in [0.15, 0.2) is 0 Å². The Morgan fingerprint density at radius 3 is 2.67 bits per heavy atom. The van der Waals surface area contributed by atoms with E-state index in [1.165, 1.54) is 23.1 Å². The molecule has 0 radical (unpaired) electrons. The molecule has 9 nitrogen and oxygen atoms in total. The number of hydrogen-bond acceptors (Lipinski definition) is 7. The molecule has 6 rings (SSSR count). The Hall–Kier alpha value is -4.06. The van der Waals surface area contributed by atoms with Crippen LogP contribution in [0.1, 0.15) is 53.7 Å². The van der Waals surface area contributed by atoms with Crippen LogP contribution in [0.15, 0.2) is 66.2 Å². The fraction of sp³-hybridized carbons (Fsp3) is 0.452. The largest absolute Gasteiger partial charge is 0.488 e. The number of alkyl halides is 3. The number of halogens is 3. The predicted molar refractivity (Wildman–Crippen MR) is 151 cm³/mol. The van der Waals surface area contributed by atoms with Crippen LogP contribution in [0.3, 0.4) is 0 Å². The summed E-state index contributed by atoms with van der Waals surface area (Å²) in [5, 5.41) is 9.65. The molecule has 3 N–H and O–H groups in total. The minimum absolute atomic E-state index is 0.0118. The van der Waals surface area contributed by atoms with Gasteiger partial charge in [0, 0.05) is 42.9 Å². The highest BCUT2D eigenvalue weighted by Gasteiger charge is 2.55. The summed E-state index contributed by atoms with van der Waals surface area (Å²) in [5.41, 5.74) is -0.328. The lowest BCUT2D eigenvalue weighted by Gasteiger charge is -2.58. The molecule has 0 bridgehead atoms. The zero-order valence-electron chi connectivity index (χ0n) is 23.7. The monoisotopic (exact) mass is 597 g/mol. The number of nitrogens with zero attached hydrogens (tertiary/aromatic N) is 2. The van der Waals surface area contributed by atoms with E-state index in [1.54, 1.807) is 12.3 Å². The summed E-state index contributed by atoms with van der Waals surface area (Å²) in [7, 11) is 0. The molecular weight excluding hydrogens is 563 g/mol. The predicted octanol–water partition coefficient (Wildman–Crippen LogP) is 3.71. The fourth-order valence-electron chi connectivity index (χ4n) is 6.35. The molecule has 1 saturated carbocycles. The van der Waals surface area contributed by atoms with Crippen molar-refractivity contribution < 1.29 is 32.2 Å². The van der Waals surface area contributed by atoms with Gasteiger partial charge in [-0.2, -0.15) is 13.2 Å². The Labute approximate surface area is 247 Å². The molecule has 3 fully saturated rings. The number of hydrogen-bond donors (Lipinski definition) is 3. The van der Waals surface area contributed by atoms with Crippen molar-refractivity contribution in [2.75, 3.05) is 32.8 Å². The van der Waals surface area contributed by atoms with Crippen LogP contribution in [-0.4, -0.2) is 66.6 Å². The zero-order valence-corrected chi connectivity index (χ0v) is 23.7. The lowest BCUT2D eigenvalue weighted by molar-refractivity contribution is -0.138. The lowest BCUT2D eigenvalue weighted by Crippen LogP contribution is -2.65. The molecule has 43 heavy (non-hydrogen) atoms. The molecule has 1 unspecified atom stereocenters. The molecule has 2 aromatic rings. The third-order valence-corrected chi connectivity index (χ3v) is 8.44. The first-order valence-electron chi connectivity index (χ1n) is 14.6. The molecule has 2 atom stereocenters. The van der Waals surface area contributed by atoms with Gasteiger partial charge in [-0.3, -0.25) is 9.59 Å². The van der Waals surface area contributed by atoms with Gasteiger partial charge in [0.25, 0.3) is 11.8 Å². The Balaban J connectivity index is 1.12. The van der Waals surface area contributed by atoms with Gasteiger partial charge in [-0.05, 0) is 63.1 Å². The second-order valence-corrected chi connectivity index (χ2v) is 11.6. The summed E-state index contributed by atoms with van der Waals surface area (Å²) < 4.78 is 52.3. The minimum atomic E-state index is -4.60. The van der Waals surface area contributed by atoms with Crippen molar-refractivity contribution in [3.63, 3.8) is 0 Å². The first kappa shape index (κ1) is 29.0. The molecule has 3 aliphatic heterocycles. The van der Waals surface area contributed by atoms with E-state index in [-0.39, 0.29) is 35.1 Å². The standard InChI is InChI=1S/C31H34F3N5O4/c1-2-42-28-22(7-5-12-36-28)24-9-10-25(26(38-24)27(40)37-19-11-13-35-16-19)43-20-14-30(15-20)17-39(18-30)29(41)21-6-3-4-8-23(21)31(32,33)34/h3-10,12,19-20,24,35,38H,2,11,13-18H2,1H3,(H,37,40)/t19-,24?/m1/s1. The number of benzene rings is 1. The van der Waals surface area contributed by atoms with Crippen LogP contribution in [-0.2, 0) is 15.7 Å². The quantitative estimate of drug-likeness (QED) is 0.426. The SMILES string of the molecule is CCOc1ncccc1C1C=CC(OC2CC3(C2)CN(C(=O)c2ccccc2C(F)(F)F)C3)=C(C(=O)N[C@@H]2CCNC2)N1. The van der Waals surface area contributed by atoms with E-state index in [9.17, 15) is 22.8 Å². The summed E-state index contributed by atoms with van der Waals surface area (Å²) in [6.45, 7) is 4.61. The molecule has 1 aromatic carbocycles. The first-order chi connectivity index (χ1) is 20.7. The molecule has 1 spiro atoms. The van der Waals surface area contributed by atoms with E-state index in [2.05, 4.69) is 20.9 Å². The van der Waals surface area contributed by atoms with E-state index >= 15 is 0 Å².